The van der Waals surface area contributed by atoms with Crippen molar-refractivity contribution in [1.29, 1.82) is 0 Å². The molecule has 0 aliphatic heterocycles. The van der Waals surface area contributed by atoms with E-state index in [-0.39, 0.29) is 12.6 Å². The quantitative estimate of drug-likeness (QED) is 0.681. The maximum atomic E-state index is 11.7. The average molecular weight is 290 g/mol. The smallest absolute Gasteiger partial charge is 0.328 e. The zero-order chi connectivity index (χ0) is 14.3. The van der Waals surface area contributed by atoms with E-state index in [1.54, 1.807) is 0 Å². The molecule has 2 amide bonds. The van der Waals surface area contributed by atoms with E-state index >= 15 is 0 Å². The number of urea groups is 1. The minimum Gasteiger partial charge on any atom is -0.480 e. The van der Waals surface area contributed by atoms with Crippen LogP contribution in [-0.4, -0.2) is 54.4 Å². The molecule has 19 heavy (non-hydrogen) atoms. The first-order valence-electron chi connectivity index (χ1n) is 6.38. The van der Waals surface area contributed by atoms with Gasteiger partial charge in [0.1, 0.15) is 0 Å². The van der Waals surface area contributed by atoms with E-state index in [4.69, 9.17) is 9.84 Å². The van der Waals surface area contributed by atoms with E-state index in [1.807, 2.05) is 11.8 Å². The number of thioether (sulfide) groups is 1. The van der Waals surface area contributed by atoms with Gasteiger partial charge in [-0.1, -0.05) is 6.42 Å². The Morgan fingerprint density at radius 3 is 2.79 bits per heavy atom. The number of rotatable bonds is 6. The van der Waals surface area contributed by atoms with Gasteiger partial charge in [-0.3, -0.25) is 0 Å². The maximum Gasteiger partial charge on any atom is 0.328 e. The average Bonchev–Trinajstić information content (AvgIpc) is 2.38. The van der Waals surface area contributed by atoms with Crippen LogP contribution in [0.4, 0.5) is 4.79 Å². The van der Waals surface area contributed by atoms with Crippen molar-refractivity contribution in [2.45, 2.75) is 43.0 Å². The molecule has 1 aliphatic carbocycles. The number of nitrogens with one attached hydrogen (secondary N) is 2. The molecule has 7 heteroatoms. The third-order valence-electron chi connectivity index (χ3n) is 3.23. The van der Waals surface area contributed by atoms with E-state index in [1.165, 1.54) is 13.5 Å². The molecule has 6 nitrogen and oxygen atoms in total. The molecule has 0 spiro atoms. The first kappa shape index (κ1) is 16.1. The van der Waals surface area contributed by atoms with Crippen molar-refractivity contribution in [2.24, 2.45) is 0 Å². The van der Waals surface area contributed by atoms with Crippen LogP contribution in [0.25, 0.3) is 0 Å². The fourth-order valence-corrected chi connectivity index (χ4v) is 3.04. The Kier molecular flexibility index (Phi) is 7.01. The molecule has 0 aromatic rings. The molecule has 3 unspecified atom stereocenters. The number of ether oxygens (including phenoxy) is 1. The minimum absolute atomic E-state index is 0.0408. The van der Waals surface area contributed by atoms with Gasteiger partial charge < -0.3 is 20.5 Å². The van der Waals surface area contributed by atoms with E-state index in [9.17, 15) is 9.59 Å². The zero-order valence-corrected chi connectivity index (χ0v) is 12.2. The molecular formula is C12H22N2O4S. The van der Waals surface area contributed by atoms with Crippen LogP contribution < -0.4 is 10.6 Å². The number of carboxylic acid groups (broad SMARTS) is 1. The second-order valence-electron chi connectivity index (χ2n) is 4.69. The molecule has 1 saturated carbocycles. The molecule has 1 rings (SSSR count). The third kappa shape index (κ3) is 5.69. The summed E-state index contributed by atoms with van der Waals surface area (Å²) in [5.74, 6) is -1.09. The van der Waals surface area contributed by atoms with Crippen molar-refractivity contribution in [2.75, 3.05) is 20.0 Å². The molecule has 3 atom stereocenters. The largest absolute Gasteiger partial charge is 0.480 e. The molecular weight excluding hydrogens is 268 g/mol. The fraction of sp³-hybridized carbons (Fsp3) is 0.833. The summed E-state index contributed by atoms with van der Waals surface area (Å²) in [7, 11) is 1.40. The van der Waals surface area contributed by atoms with Crippen LogP contribution in [0.3, 0.4) is 0 Å². The Labute approximate surface area is 117 Å². The van der Waals surface area contributed by atoms with E-state index in [2.05, 4.69) is 16.9 Å². The van der Waals surface area contributed by atoms with Crippen LogP contribution in [0, 0.1) is 0 Å². The van der Waals surface area contributed by atoms with Gasteiger partial charge in [-0.2, -0.15) is 11.8 Å². The molecule has 3 N–H and O–H groups in total. The fourth-order valence-electron chi connectivity index (χ4n) is 2.22. The monoisotopic (exact) mass is 290 g/mol. The van der Waals surface area contributed by atoms with Crippen molar-refractivity contribution in [3.05, 3.63) is 0 Å². The zero-order valence-electron chi connectivity index (χ0n) is 11.3. The molecule has 0 heterocycles. The predicted molar refractivity (Wildman–Crippen MR) is 74.5 cm³/mol. The van der Waals surface area contributed by atoms with Gasteiger partial charge in [0.05, 0.1) is 6.61 Å². The normalized spacial score (nSPS) is 24.5. The summed E-state index contributed by atoms with van der Waals surface area (Å²) >= 11 is 1.82. The predicted octanol–water partition coefficient (Wildman–Crippen LogP) is 1.06. The lowest BCUT2D eigenvalue weighted by molar-refractivity contribution is -0.140. The van der Waals surface area contributed by atoms with Gasteiger partial charge in [0.2, 0.25) is 0 Å². The second-order valence-corrected chi connectivity index (χ2v) is 5.82. The maximum absolute atomic E-state index is 11.7. The van der Waals surface area contributed by atoms with E-state index in [0.29, 0.717) is 5.25 Å². The summed E-state index contributed by atoms with van der Waals surface area (Å²) < 4.78 is 4.76. The van der Waals surface area contributed by atoms with Crippen molar-refractivity contribution in [3.63, 3.8) is 0 Å². The number of carbonyl (C=O) groups excluding carboxylic acids is 1. The lowest BCUT2D eigenvalue weighted by Crippen LogP contribution is -2.51. The number of carbonyl (C=O) groups is 2. The first-order valence-corrected chi connectivity index (χ1v) is 7.67. The molecule has 1 fully saturated rings. The van der Waals surface area contributed by atoms with Gasteiger partial charge in [0.25, 0.3) is 0 Å². The summed E-state index contributed by atoms with van der Waals surface area (Å²) in [4.78, 5) is 22.6. The highest BCUT2D eigenvalue weighted by molar-refractivity contribution is 7.99. The lowest BCUT2D eigenvalue weighted by atomic mass is 9.95. The van der Waals surface area contributed by atoms with Gasteiger partial charge in [-0.05, 0) is 25.5 Å². The standard InChI is InChI=1S/C12H22N2O4S/c1-18-7-10(11(15)16)14-12(17)13-8-4-3-5-9(6-8)19-2/h8-10H,3-7H2,1-2H3,(H,15,16)(H2,13,14,17). The molecule has 0 radical (unpaired) electrons. The minimum atomic E-state index is -1.09. The van der Waals surface area contributed by atoms with Crippen LogP contribution in [-0.2, 0) is 9.53 Å². The van der Waals surface area contributed by atoms with Crippen LogP contribution in [0.5, 0.6) is 0 Å². The van der Waals surface area contributed by atoms with Crippen molar-refractivity contribution < 1.29 is 19.4 Å². The number of amides is 2. The number of carboxylic acids is 1. The Balaban J connectivity index is 2.39. The highest BCUT2D eigenvalue weighted by Crippen LogP contribution is 2.26. The highest BCUT2D eigenvalue weighted by atomic mass is 32.2. The van der Waals surface area contributed by atoms with Crippen molar-refractivity contribution in [1.82, 2.24) is 10.6 Å². The van der Waals surface area contributed by atoms with Gasteiger partial charge in [0, 0.05) is 18.4 Å². The summed E-state index contributed by atoms with van der Waals surface area (Å²) in [5.41, 5.74) is 0. The SMILES string of the molecule is COCC(NC(=O)NC1CCCC(SC)C1)C(=O)O. The van der Waals surface area contributed by atoms with Gasteiger partial charge in [-0.25, -0.2) is 9.59 Å². The Hall–Kier alpha value is -0.950. The van der Waals surface area contributed by atoms with Crippen molar-refractivity contribution >= 4 is 23.8 Å². The summed E-state index contributed by atoms with van der Waals surface area (Å²) in [6.07, 6.45) is 6.24. The first-order chi connectivity index (χ1) is 9.06. The molecule has 0 aromatic carbocycles. The third-order valence-corrected chi connectivity index (χ3v) is 4.33. The molecule has 0 bridgehead atoms. The summed E-state index contributed by atoms with van der Waals surface area (Å²) in [5, 5.41) is 14.8. The lowest BCUT2D eigenvalue weighted by Gasteiger charge is -2.29. The van der Waals surface area contributed by atoms with Crippen LogP contribution in [0.2, 0.25) is 0 Å². The summed E-state index contributed by atoms with van der Waals surface area (Å²) in [6, 6.07) is -1.32. The van der Waals surface area contributed by atoms with E-state index < -0.39 is 18.0 Å². The highest BCUT2D eigenvalue weighted by Gasteiger charge is 2.25. The van der Waals surface area contributed by atoms with Crippen LogP contribution >= 0.6 is 11.8 Å². The van der Waals surface area contributed by atoms with Crippen LogP contribution in [0.1, 0.15) is 25.7 Å². The van der Waals surface area contributed by atoms with Gasteiger partial charge >= 0.3 is 12.0 Å². The molecule has 0 aromatic heterocycles. The number of aliphatic carboxylic acids is 1. The van der Waals surface area contributed by atoms with Crippen LogP contribution in [0.15, 0.2) is 0 Å². The molecule has 110 valence electrons. The van der Waals surface area contributed by atoms with E-state index in [0.717, 1.165) is 19.3 Å². The Bertz CT molecular complexity index is 314. The topological polar surface area (TPSA) is 87.7 Å². The number of hydrogen-bond acceptors (Lipinski definition) is 4. The number of methoxy groups -OCH3 is 1. The number of hydrogen-bond donors (Lipinski definition) is 3. The van der Waals surface area contributed by atoms with Crippen molar-refractivity contribution in [3.8, 4) is 0 Å². The second kappa shape index (κ2) is 8.27. The Morgan fingerprint density at radius 1 is 1.47 bits per heavy atom. The Morgan fingerprint density at radius 2 is 2.21 bits per heavy atom. The van der Waals surface area contributed by atoms with Gasteiger partial charge in [-0.15, -0.1) is 0 Å². The summed E-state index contributed by atoms with van der Waals surface area (Å²) in [6.45, 7) is -0.0408. The van der Waals surface area contributed by atoms with Gasteiger partial charge in [0.15, 0.2) is 6.04 Å². The molecule has 0 saturated heterocycles. The molecule has 1 aliphatic rings.